The lowest BCUT2D eigenvalue weighted by Crippen LogP contribution is -2.30. The fraction of sp³-hybridized carbons (Fsp3) is 0.350. The molecule has 1 N–H and O–H groups in total. The van der Waals surface area contributed by atoms with Gasteiger partial charge in [-0.15, -0.1) is 0 Å². The van der Waals surface area contributed by atoms with Crippen molar-refractivity contribution in [1.29, 1.82) is 0 Å². The van der Waals surface area contributed by atoms with Crippen molar-refractivity contribution in [2.24, 2.45) is 0 Å². The lowest BCUT2D eigenvalue weighted by molar-refractivity contribution is -0.123. The minimum absolute atomic E-state index is 0.0642. The first-order valence-corrected chi connectivity index (χ1v) is 8.07. The molecule has 0 bridgehead atoms. The van der Waals surface area contributed by atoms with Gasteiger partial charge in [-0.1, -0.05) is 42.0 Å². The number of hydrogen-bond donors (Lipinski definition) is 1. The molecule has 3 nitrogen and oxygen atoms in total. The molecule has 0 atom stereocenters. The first-order chi connectivity index (χ1) is 11.1. The summed E-state index contributed by atoms with van der Waals surface area (Å²) in [5.41, 5.74) is 4.83. The van der Waals surface area contributed by atoms with E-state index in [0.29, 0.717) is 6.54 Å². The summed E-state index contributed by atoms with van der Waals surface area (Å²) < 4.78 is 5.60. The molecule has 0 radical (unpaired) electrons. The van der Waals surface area contributed by atoms with Gasteiger partial charge in [-0.3, -0.25) is 4.79 Å². The monoisotopic (exact) mass is 311 g/mol. The van der Waals surface area contributed by atoms with Crippen molar-refractivity contribution < 1.29 is 9.53 Å². The van der Waals surface area contributed by atoms with Crippen molar-refractivity contribution in [2.45, 2.75) is 33.6 Å². The molecule has 2 aromatic carbocycles. The second-order valence-electron chi connectivity index (χ2n) is 5.93. The van der Waals surface area contributed by atoms with Gasteiger partial charge in [0.2, 0.25) is 0 Å². The first-order valence-electron chi connectivity index (χ1n) is 8.07. The second-order valence-corrected chi connectivity index (χ2v) is 5.93. The molecule has 0 aliphatic heterocycles. The van der Waals surface area contributed by atoms with E-state index in [0.717, 1.165) is 24.2 Å². The zero-order valence-electron chi connectivity index (χ0n) is 14.2. The number of carbonyl (C=O) groups is 1. The minimum atomic E-state index is -0.0739. The Balaban J connectivity index is 1.68. The molecule has 0 unspecified atom stereocenters. The summed E-state index contributed by atoms with van der Waals surface area (Å²) in [5.74, 6) is 0.704. The number of ether oxygens (including phenoxy) is 1. The predicted molar refractivity (Wildman–Crippen MR) is 93.9 cm³/mol. The van der Waals surface area contributed by atoms with Gasteiger partial charge >= 0.3 is 0 Å². The van der Waals surface area contributed by atoms with Crippen molar-refractivity contribution in [3.05, 3.63) is 64.7 Å². The van der Waals surface area contributed by atoms with Crippen LogP contribution in [0.2, 0.25) is 0 Å². The van der Waals surface area contributed by atoms with Crippen molar-refractivity contribution >= 4 is 5.91 Å². The van der Waals surface area contributed by atoms with Crippen molar-refractivity contribution in [3.63, 3.8) is 0 Å². The van der Waals surface area contributed by atoms with Crippen LogP contribution in [0, 0.1) is 20.8 Å². The van der Waals surface area contributed by atoms with Gasteiger partial charge in [0.05, 0.1) is 0 Å². The van der Waals surface area contributed by atoms with E-state index >= 15 is 0 Å². The van der Waals surface area contributed by atoms with Crippen LogP contribution in [-0.2, 0) is 11.2 Å². The van der Waals surface area contributed by atoms with Gasteiger partial charge in [-0.2, -0.15) is 0 Å². The Morgan fingerprint density at radius 2 is 1.87 bits per heavy atom. The molecule has 0 heterocycles. The molecule has 122 valence electrons. The third-order valence-corrected chi connectivity index (χ3v) is 3.96. The van der Waals surface area contributed by atoms with Crippen LogP contribution < -0.4 is 10.1 Å². The molecule has 0 aliphatic rings. The minimum Gasteiger partial charge on any atom is -0.483 e. The average Bonchev–Trinajstić information content (AvgIpc) is 2.53. The summed E-state index contributed by atoms with van der Waals surface area (Å²) in [7, 11) is 0. The zero-order valence-corrected chi connectivity index (χ0v) is 14.2. The number of benzene rings is 2. The standard InChI is InChI=1S/C20H25NO2/c1-15-7-4-9-18(13-15)10-6-12-21-20(22)14-23-19-11-5-8-16(2)17(19)3/h4-5,7-9,11,13H,6,10,12,14H2,1-3H3,(H,21,22). The van der Waals surface area contributed by atoms with E-state index in [9.17, 15) is 4.79 Å². The van der Waals surface area contributed by atoms with E-state index in [1.54, 1.807) is 0 Å². The quantitative estimate of drug-likeness (QED) is 0.791. The third kappa shape index (κ3) is 5.44. The van der Waals surface area contributed by atoms with Crippen LogP contribution in [0.1, 0.15) is 28.7 Å². The largest absolute Gasteiger partial charge is 0.483 e. The maximum atomic E-state index is 11.8. The van der Waals surface area contributed by atoms with Crippen LogP contribution in [0.15, 0.2) is 42.5 Å². The zero-order chi connectivity index (χ0) is 16.7. The average molecular weight is 311 g/mol. The van der Waals surface area contributed by atoms with E-state index in [1.165, 1.54) is 16.7 Å². The fourth-order valence-corrected chi connectivity index (χ4v) is 2.46. The van der Waals surface area contributed by atoms with Gasteiger partial charge < -0.3 is 10.1 Å². The van der Waals surface area contributed by atoms with Crippen LogP contribution in [0.25, 0.3) is 0 Å². The van der Waals surface area contributed by atoms with Crippen molar-refractivity contribution in [3.8, 4) is 5.75 Å². The Labute approximate surface area is 138 Å². The van der Waals surface area contributed by atoms with Gasteiger partial charge in [0, 0.05) is 6.54 Å². The highest BCUT2D eigenvalue weighted by atomic mass is 16.5. The molecule has 1 amide bonds. The summed E-state index contributed by atoms with van der Waals surface area (Å²) in [6.45, 7) is 6.87. The Morgan fingerprint density at radius 3 is 2.65 bits per heavy atom. The summed E-state index contributed by atoms with van der Waals surface area (Å²) in [4.78, 5) is 11.8. The van der Waals surface area contributed by atoms with Gasteiger partial charge in [0.25, 0.3) is 5.91 Å². The number of nitrogens with one attached hydrogen (secondary N) is 1. The van der Waals surface area contributed by atoms with E-state index in [1.807, 2.05) is 32.0 Å². The molecule has 23 heavy (non-hydrogen) atoms. The lowest BCUT2D eigenvalue weighted by Gasteiger charge is -2.11. The number of rotatable bonds is 7. The van der Waals surface area contributed by atoms with Crippen LogP contribution >= 0.6 is 0 Å². The molecule has 0 saturated heterocycles. The number of carbonyl (C=O) groups excluding carboxylic acids is 1. The smallest absolute Gasteiger partial charge is 0.257 e. The molecule has 0 spiro atoms. The normalized spacial score (nSPS) is 10.4. The van der Waals surface area contributed by atoms with E-state index in [4.69, 9.17) is 4.74 Å². The molecule has 0 aliphatic carbocycles. The molecular weight excluding hydrogens is 286 g/mol. The second kappa shape index (κ2) is 8.37. The summed E-state index contributed by atoms with van der Waals surface area (Å²) in [6.07, 6.45) is 1.90. The predicted octanol–water partition coefficient (Wildman–Crippen LogP) is 3.74. The first kappa shape index (κ1) is 17.1. The Hall–Kier alpha value is -2.29. The fourth-order valence-electron chi connectivity index (χ4n) is 2.46. The van der Waals surface area contributed by atoms with Crippen LogP contribution in [-0.4, -0.2) is 19.1 Å². The highest BCUT2D eigenvalue weighted by molar-refractivity contribution is 5.77. The van der Waals surface area contributed by atoms with Crippen LogP contribution in [0.5, 0.6) is 5.75 Å². The molecule has 2 aromatic rings. The van der Waals surface area contributed by atoms with E-state index in [2.05, 4.69) is 36.5 Å². The molecule has 0 fully saturated rings. The Bertz CT molecular complexity index is 664. The van der Waals surface area contributed by atoms with Gasteiger partial charge in [-0.05, 0) is 56.4 Å². The Kier molecular flexibility index (Phi) is 6.21. The molecular formula is C20H25NO2. The SMILES string of the molecule is Cc1cccc(CCCNC(=O)COc2cccc(C)c2C)c1. The Morgan fingerprint density at radius 1 is 1.09 bits per heavy atom. The highest BCUT2D eigenvalue weighted by Crippen LogP contribution is 2.20. The van der Waals surface area contributed by atoms with Gasteiger partial charge in [-0.25, -0.2) is 0 Å². The molecule has 0 saturated carbocycles. The summed E-state index contributed by atoms with van der Waals surface area (Å²) in [5, 5.41) is 2.91. The molecule has 0 aromatic heterocycles. The van der Waals surface area contributed by atoms with Gasteiger partial charge in [0.1, 0.15) is 5.75 Å². The van der Waals surface area contributed by atoms with Crippen LogP contribution in [0.4, 0.5) is 0 Å². The maximum Gasteiger partial charge on any atom is 0.257 e. The molecule has 3 heteroatoms. The van der Waals surface area contributed by atoms with Gasteiger partial charge in [0.15, 0.2) is 6.61 Å². The highest BCUT2D eigenvalue weighted by Gasteiger charge is 2.05. The van der Waals surface area contributed by atoms with E-state index in [-0.39, 0.29) is 12.5 Å². The maximum absolute atomic E-state index is 11.8. The topological polar surface area (TPSA) is 38.3 Å². The summed E-state index contributed by atoms with van der Waals surface area (Å²) in [6, 6.07) is 14.3. The van der Waals surface area contributed by atoms with Crippen LogP contribution in [0.3, 0.4) is 0 Å². The third-order valence-electron chi connectivity index (χ3n) is 3.96. The number of aryl methyl sites for hydroxylation is 3. The lowest BCUT2D eigenvalue weighted by atomic mass is 10.1. The van der Waals surface area contributed by atoms with E-state index < -0.39 is 0 Å². The number of amides is 1. The van der Waals surface area contributed by atoms with Crippen molar-refractivity contribution in [1.82, 2.24) is 5.32 Å². The number of hydrogen-bond acceptors (Lipinski definition) is 2. The molecule has 2 rings (SSSR count). The summed E-state index contributed by atoms with van der Waals surface area (Å²) >= 11 is 0. The van der Waals surface area contributed by atoms with Crippen molar-refractivity contribution in [2.75, 3.05) is 13.2 Å².